The van der Waals surface area contributed by atoms with Gasteiger partial charge in [0.1, 0.15) is 0 Å². The summed E-state index contributed by atoms with van der Waals surface area (Å²) in [6, 6.07) is 0. The molecule has 64 valence electrons. The van der Waals surface area contributed by atoms with E-state index in [9.17, 15) is 13.2 Å². The van der Waals surface area contributed by atoms with Crippen LogP contribution in [0.15, 0.2) is 6.20 Å². The molecule has 0 bridgehead atoms. The molecule has 1 aromatic rings. The minimum atomic E-state index is -4.47. The van der Waals surface area contributed by atoms with Gasteiger partial charge in [0, 0.05) is 13.2 Å². The van der Waals surface area contributed by atoms with Gasteiger partial charge in [-0.25, -0.2) is 0 Å². The number of hydrogen-bond donors (Lipinski definition) is 0. The Labute approximate surface area is 67.0 Å². The molecule has 0 aliphatic rings. The predicted octanol–water partition coefficient (Wildman–Crippen LogP) is 1.42. The van der Waals surface area contributed by atoms with Crippen molar-refractivity contribution in [1.82, 2.24) is 9.78 Å². The lowest BCUT2D eigenvalue weighted by Crippen LogP contribution is -2.08. The molecule has 1 rings (SSSR count). The Bertz CT molecular complexity index is 329. The number of nitrogens with zero attached hydrogens (tertiary/aromatic N) is 2. The van der Waals surface area contributed by atoms with Crippen molar-refractivity contribution in [1.29, 1.82) is 0 Å². The quantitative estimate of drug-likeness (QED) is 0.544. The third-order valence-electron chi connectivity index (χ3n) is 1.25. The van der Waals surface area contributed by atoms with Crippen LogP contribution in [0.3, 0.4) is 0 Å². The van der Waals surface area contributed by atoms with Crippen molar-refractivity contribution >= 4 is 0 Å². The molecule has 1 heterocycles. The highest BCUT2D eigenvalue weighted by atomic mass is 19.4. The molecule has 1 aromatic heterocycles. The molecule has 2 nitrogen and oxygen atoms in total. The van der Waals surface area contributed by atoms with Crippen LogP contribution in [-0.4, -0.2) is 9.78 Å². The van der Waals surface area contributed by atoms with E-state index in [-0.39, 0.29) is 5.56 Å². The largest absolute Gasteiger partial charge is 0.436 e. The molecule has 0 atom stereocenters. The second kappa shape index (κ2) is 2.55. The molecule has 0 saturated heterocycles. The van der Waals surface area contributed by atoms with Crippen LogP contribution in [0.4, 0.5) is 13.2 Å². The van der Waals surface area contributed by atoms with Crippen molar-refractivity contribution in [3.63, 3.8) is 0 Å². The van der Waals surface area contributed by atoms with E-state index in [4.69, 9.17) is 6.42 Å². The summed E-state index contributed by atoms with van der Waals surface area (Å²) in [4.78, 5) is 0. The summed E-state index contributed by atoms with van der Waals surface area (Å²) in [5, 5.41) is 3.20. The molecule has 0 N–H and O–H groups in total. The number of halogens is 3. The Morgan fingerprint density at radius 1 is 1.58 bits per heavy atom. The summed E-state index contributed by atoms with van der Waals surface area (Å²) in [7, 11) is 1.38. The van der Waals surface area contributed by atoms with E-state index >= 15 is 0 Å². The fourth-order valence-electron chi connectivity index (χ4n) is 0.803. The van der Waals surface area contributed by atoms with Crippen LogP contribution in [0.25, 0.3) is 0 Å². The molecular weight excluding hydrogens is 169 g/mol. The highest BCUT2D eigenvalue weighted by Gasteiger charge is 2.36. The van der Waals surface area contributed by atoms with Gasteiger partial charge >= 0.3 is 6.18 Å². The van der Waals surface area contributed by atoms with Crippen LogP contribution in [-0.2, 0) is 13.2 Å². The lowest BCUT2D eigenvalue weighted by molar-refractivity contribution is -0.141. The van der Waals surface area contributed by atoms with Gasteiger partial charge in [-0.15, -0.1) is 6.42 Å². The Morgan fingerprint density at radius 3 is 2.50 bits per heavy atom. The molecule has 0 fully saturated rings. The maximum absolute atomic E-state index is 12.1. The van der Waals surface area contributed by atoms with E-state index in [0.29, 0.717) is 0 Å². The fourth-order valence-corrected chi connectivity index (χ4v) is 0.803. The summed E-state index contributed by atoms with van der Waals surface area (Å²) in [6.07, 6.45) is 1.54. The summed E-state index contributed by atoms with van der Waals surface area (Å²) >= 11 is 0. The lowest BCUT2D eigenvalue weighted by atomic mass is 10.2. The average molecular weight is 174 g/mol. The van der Waals surface area contributed by atoms with Crippen LogP contribution in [0.2, 0.25) is 0 Å². The molecule has 12 heavy (non-hydrogen) atoms. The van der Waals surface area contributed by atoms with Crippen molar-refractivity contribution in [2.24, 2.45) is 7.05 Å². The SMILES string of the molecule is C#Cc1cn(C)nc1C(F)(F)F. The number of aromatic nitrogens is 2. The summed E-state index contributed by atoms with van der Waals surface area (Å²) in [6.45, 7) is 0. The van der Waals surface area contributed by atoms with Gasteiger partial charge in [-0.2, -0.15) is 18.3 Å². The molecule has 0 unspecified atom stereocenters. The van der Waals surface area contributed by atoms with E-state index < -0.39 is 11.9 Å². The van der Waals surface area contributed by atoms with Crippen LogP contribution in [0.5, 0.6) is 0 Å². The van der Waals surface area contributed by atoms with Gasteiger partial charge in [0.05, 0.1) is 5.56 Å². The highest BCUT2D eigenvalue weighted by molar-refractivity contribution is 5.35. The van der Waals surface area contributed by atoms with Crippen LogP contribution >= 0.6 is 0 Å². The van der Waals surface area contributed by atoms with Gasteiger partial charge in [0.2, 0.25) is 0 Å². The van der Waals surface area contributed by atoms with E-state index in [0.717, 1.165) is 10.9 Å². The van der Waals surface area contributed by atoms with Crippen molar-refractivity contribution in [3.05, 3.63) is 17.5 Å². The van der Waals surface area contributed by atoms with E-state index in [1.165, 1.54) is 7.05 Å². The highest BCUT2D eigenvalue weighted by Crippen LogP contribution is 2.29. The van der Waals surface area contributed by atoms with Crippen LogP contribution in [0, 0.1) is 12.3 Å². The first-order chi connectivity index (χ1) is 5.45. The van der Waals surface area contributed by atoms with Gasteiger partial charge in [-0.05, 0) is 0 Å². The Morgan fingerprint density at radius 2 is 2.17 bits per heavy atom. The summed E-state index contributed by atoms with van der Waals surface area (Å²) < 4.78 is 37.3. The maximum Gasteiger partial charge on any atom is 0.436 e. The van der Waals surface area contributed by atoms with Crippen LogP contribution in [0.1, 0.15) is 11.3 Å². The molecule has 0 aromatic carbocycles. The minimum absolute atomic E-state index is 0.231. The smallest absolute Gasteiger partial charge is 0.274 e. The molecular formula is C7H5F3N2. The number of hydrogen-bond acceptors (Lipinski definition) is 1. The predicted molar refractivity (Wildman–Crippen MR) is 36.1 cm³/mol. The Hall–Kier alpha value is -1.44. The zero-order chi connectivity index (χ0) is 9.35. The molecule has 0 radical (unpaired) electrons. The molecule has 0 aliphatic carbocycles. The third kappa shape index (κ3) is 1.42. The first kappa shape index (κ1) is 8.65. The number of alkyl halides is 3. The van der Waals surface area contributed by atoms with Crippen molar-refractivity contribution in [3.8, 4) is 12.3 Å². The number of terminal acetylenes is 1. The van der Waals surface area contributed by atoms with Gasteiger partial charge in [-0.1, -0.05) is 5.92 Å². The van der Waals surface area contributed by atoms with Gasteiger partial charge in [0.25, 0.3) is 0 Å². The molecule has 5 heteroatoms. The van der Waals surface area contributed by atoms with E-state index in [1.807, 2.05) is 5.92 Å². The summed E-state index contributed by atoms with van der Waals surface area (Å²) in [5.74, 6) is 1.92. The minimum Gasteiger partial charge on any atom is -0.274 e. The normalized spacial score (nSPS) is 11.2. The van der Waals surface area contributed by atoms with Gasteiger partial charge in [-0.3, -0.25) is 4.68 Å². The van der Waals surface area contributed by atoms with Crippen LogP contribution < -0.4 is 0 Å². The first-order valence-electron chi connectivity index (χ1n) is 3.02. The molecule has 0 saturated carbocycles. The average Bonchev–Trinajstić information content (AvgIpc) is 2.29. The lowest BCUT2D eigenvalue weighted by Gasteiger charge is -2.01. The zero-order valence-electron chi connectivity index (χ0n) is 6.18. The number of rotatable bonds is 0. The maximum atomic E-state index is 12.1. The molecule has 0 spiro atoms. The van der Waals surface area contributed by atoms with Crippen molar-refractivity contribution < 1.29 is 13.2 Å². The number of aryl methyl sites for hydroxylation is 1. The van der Waals surface area contributed by atoms with Gasteiger partial charge in [0.15, 0.2) is 5.69 Å². The topological polar surface area (TPSA) is 17.8 Å². The second-order valence-corrected chi connectivity index (χ2v) is 2.21. The Balaban J connectivity index is 3.25. The standard InChI is InChI=1S/C7H5F3N2/c1-3-5-4-12(2)11-6(5)7(8,9)10/h1,4H,2H3. The second-order valence-electron chi connectivity index (χ2n) is 2.21. The third-order valence-corrected chi connectivity index (χ3v) is 1.25. The van der Waals surface area contributed by atoms with E-state index in [2.05, 4.69) is 5.10 Å². The van der Waals surface area contributed by atoms with E-state index in [1.54, 1.807) is 0 Å². The first-order valence-corrected chi connectivity index (χ1v) is 3.02. The fraction of sp³-hybridized carbons (Fsp3) is 0.286. The monoisotopic (exact) mass is 174 g/mol. The molecule has 0 amide bonds. The summed E-state index contributed by atoms with van der Waals surface area (Å²) in [5.41, 5.74) is -1.24. The van der Waals surface area contributed by atoms with Crippen molar-refractivity contribution in [2.75, 3.05) is 0 Å². The zero-order valence-corrected chi connectivity index (χ0v) is 6.18. The Kier molecular flexibility index (Phi) is 1.84. The van der Waals surface area contributed by atoms with Gasteiger partial charge < -0.3 is 0 Å². The van der Waals surface area contributed by atoms with Crippen molar-refractivity contribution in [2.45, 2.75) is 6.18 Å². The molecule has 0 aliphatic heterocycles.